The first-order chi connectivity index (χ1) is 6.29. The lowest BCUT2D eigenvalue weighted by molar-refractivity contribution is 0.175. The van der Waals surface area contributed by atoms with E-state index in [1.165, 1.54) is 6.04 Å². The van der Waals surface area contributed by atoms with E-state index in [9.17, 15) is 0 Å². The molecule has 0 spiro atoms. The van der Waals surface area contributed by atoms with Crippen LogP contribution >= 0.6 is 0 Å². The van der Waals surface area contributed by atoms with Gasteiger partial charge in [0.05, 0.1) is 7.59 Å². The van der Waals surface area contributed by atoms with Gasteiger partial charge in [-0.25, -0.2) is 0 Å². The van der Waals surface area contributed by atoms with E-state index in [1.54, 1.807) is 0 Å². The van der Waals surface area contributed by atoms with Crippen LogP contribution in [0.1, 0.15) is 6.42 Å². The van der Waals surface area contributed by atoms with E-state index in [4.69, 9.17) is 17.3 Å². The fourth-order valence-electron chi connectivity index (χ4n) is 1.66. The maximum absolute atomic E-state index is 6.10. The average molecular weight is 222 g/mol. The molecule has 0 bridgehead atoms. The predicted octanol–water partition coefficient (Wildman–Crippen LogP) is 2.40. The van der Waals surface area contributed by atoms with E-state index < -0.39 is 21.0 Å². The summed E-state index contributed by atoms with van der Waals surface area (Å²) < 4.78 is 6.10. The molecule has 1 rings (SSSR count). The molecule has 14 heavy (non-hydrogen) atoms. The molecule has 76 valence electrons. The minimum atomic E-state index is -1.64. The molecule has 0 N–H and O–H groups in total. The van der Waals surface area contributed by atoms with Crippen LogP contribution in [0.4, 0.5) is 0 Å². The molecule has 0 saturated carbocycles. The zero-order chi connectivity index (χ0) is 11.0. The van der Waals surface area contributed by atoms with Crippen LogP contribution < -0.4 is 0 Å². The molecule has 0 aromatic rings. The van der Waals surface area contributed by atoms with Crippen LogP contribution in [0.5, 0.6) is 0 Å². The maximum atomic E-state index is 6.10. The van der Waals surface area contributed by atoms with Gasteiger partial charge in [0.25, 0.3) is 0 Å². The van der Waals surface area contributed by atoms with Gasteiger partial charge in [0.1, 0.15) is 0 Å². The molecule has 0 atom stereocenters. The molecule has 0 aliphatic carbocycles. The van der Waals surface area contributed by atoms with Gasteiger partial charge in [0, 0.05) is 0 Å². The van der Waals surface area contributed by atoms with Gasteiger partial charge in [-0.1, -0.05) is 31.0 Å². The summed E-state index contributed by atoms with van der Waals surface area (Å²) in [5.74, 6) is 5.32. The predicted molar refractivity (Wildman–Crippen MR) is 65.9 cm³/mol. The van der Waals surface area contributed by atoms with E-state index in [1.807, 2.05) is 0 Å². The molecule has 3 heteroatoms. The van der Waals surface area contributed by atoms with E-state index in [2.05, 4.69) is 38.0 Å². The third-order valence-electron chi connectivity index (χ3n) is 3.63. The minimum Gasteiger partial charge on any atom is -0.395 e. The third-order valence-corrected chi connectivity index (χ3v) is 20.1. The minimum absolute atomic E-state index is 0.696. The number of hydrogen-bond acceptors (Lipinski definition) is 1. The van der Waals surface area contributed by atoms with Gasteiger partial charge < -0.3 is 4.43 Å². The Bertz CT molecular complexity index is 303. The topological polar surface area (TPSA) is 9.23 Å². The van der Waals surface area contributed by atoms with Crippen molar-refractivity contribution in [2.75, 3.05) is 0 Å². The fourth-order valence-corrected chi connectivity index (χ4v) is 8.14. The molecular formula is C11H18OSi2. The van der Waals surface area contributed by atoms with Crippen molar-refractivity contribution >= 4 is 15.4 Å². The molecule has 1 heterocycles. The summed E-state index contributed by atoms with van der Waals surface area (Å²) in [4.78, 5) is 0. The van der Waals surface area contributed by atoms with E-state index in [-0.39, 0.29) is 0 Å². The maximum Gasteiger partial charge on any atom is 0.179 e. The van der Waals surface area contributed by atoms with Crippen molar-refractivity contribution in [3.63, 3.8) is 0 Å². The second-order valence-electron chi connectivity index (χ2n) is 5.11. The summed E-state index contributed by atoms with van der Waals surface area (Å²) in [6, 6.07) is 1.20. The first-order valence-corrected chi connectivity index (χ1v) is 12.1. The Morgan fingerprint density at radius 2 is 1.64 bits per heavy atom. The number of rotatable bonds is 0. The SMILES string of the molecule is C#CC1(C#C)CC[Si](C)(C)[Si](C)(C)O1. The number of hydrogen-bond donors (Lipinski definition) is 0. The van der Waals surface area contributed by atoms with Gasteiger partial charge in [0.15, 0.2) is 13.4 Å². The van der Waals surface area contributed by atoms with Crippen molar-refractivity contribution in [1.82, 2.24) is 0 Å². The second-order valence-corrected chi connectivity index (χ2v) is 20.3. The molecule has 1 nitrogen and oxygen atoms in total. The zero-order valence-corrected chi connectivity index (χ0v) is 11.5. The van der Waals surface area contributed by atoms with Crippen LogP contribution in [0.2, 0.25) is 32.2 Å². The molecule has 1 aliphatic rings. The van der Waals surface area contributed by atoms with Crippen molar-refractivity contribution in [3.8, 4) is 24.7 Å². The highest BCUT2D eigenvalue weighted by Crippen LogP contribution is 2.38. The van der Waals surface area contributed by atoms with Crippen molar-refractivity contribution < 1.29 is 4.43 Å². The highest BCUT2D eigenvalue weighted by atomic mass is 29.3. The van der Waals surface area contributed by atoms with Crippen molar-refractivity contribution in [2.24, 2.45) is 0 Å². The molecule has 1 aliphatic heterocycles. The van der Waals surface area contributed by atoms with Crippen LogP contribution in [-0.4, -0.2) is 21.0 Å². The third kappa shape index (κ3) is 1.68. The quantitative estimate of drug-likeness (QED) is 0.452. The van der Waals surface area contributed by atoms with Crippen molar-refractivity contribution in [3.05, 3.63) is 0 Å². The van der Waals surface area contributed by atoms with Crippen LogP contribution in [0, 0.1) is 24.7 Å². The lowest BCUT2D eigenvalue weighted by Gasteiger charge is -2.48. The molecule has 0 unspecified atom stereocenters. The van der Waals surface area contributed by atoms with Gasteiger partial charge >= 0.3 is 0 Å². The smallest absolute Gasteiger partial charge is 0.179 e. The molecule has 0 aromatic heterocycles. The molecule has 1 fully saturated rings. The number of terminal acetylenes is 2. The van der Waals surface area contributed by atoms with Gasteiger partial charge in [-0.05, 0) is 19.5 Å². The molecule has 0 radical (unpaired) electrons. The van der Waals surface area contributed by atoms with E-state index in [0.29, 0.717) is 0 Å². The Morgan fingerprint density at radius 1 is 1.14 bits per heavy atom. The molecular weight excluding hydrogens is 204 g/mol. The van der Waals surface area contributed by atoms with E-state index in [0.717, 1.165) is 6.42 Å². The Kier molecular flexibility index (Phi) is 2.71. The fraction of sp³-hybridized carbons (Fsp3) is 0.636. The summed E-state index contributed by atoms with van der Waals surface area (Å²) in [6.45, 7) is 9.27. The van der Waals surface area contributed by atoms with Crippen molar-refractivity contribution in [1.29, 1.82) is 0 Å². The Labute approximate surface area is 89.2 Å². The van der Waals surface area contributed by atoms with Gasteiger partial charge in [0.2, 0.25) is 0 Å². The first-order valence-electron chi connectivity index (χ1n) is 4.94. The lowest BCUT2D eigenvalue weighted by atomic mass is 10.0. The summed E-state index contributed by atoms with van der Waals surface area (Å²) in [5.41, 5.74) is -0.696. The van der Waals surface area contributed by atoms with E-state index >= 15 is 0 Å². The van der Waals surface area contributed by atoms with Crippen LogP contribution in [0.3, 0.4) is 0 Å². The Balaban J connectivity index is 3.01. The lowest BCUT2D eigenvalue weighted by Crippen LogP contribution is -2.64. The highest BCUT2D eigenvalue weighted by molar-refractivity contribution is 7.38. The Morgan fingerprint density at radius 3 is 2.00 bits per heavy atom. The summed E-state index contributed by atoms with van der Waals surface area (Å²) in [6.07, 6.45) is 11.8. The molecule has 0 amide bonds. The van der Waals surface area contributed by atoms with Crippen LogP contribution in [0.25, 0.3) is 0 Å². The van der Waals surface area contributed by atoms with Crippen LogP contribution in [-0.2, 0) is 4.43 Å². The first kappa shape index (κ1) is 11.6. The molecule has 1 saturated heterocycles. The monoisotopic (exact) mass is 222 g/mol. The summed E-state index contributed by atoms with van der Waals surface area (Å²) in [5, 5.41) is 0. The molecule has 0 aromatic carbocycles. The van der Waals surface area contributed by atoms with Crippen LogP contribution in [0.15, 0.2) is 0 Å². The Hall–Kier alpha value is -0.486. The average Bonchev–Trinajstić information content (AvgIpc) is 2.10. The summed E-state index contributed by atoms with van der Waals surface area (Å²) in [7, 11) is -2.86. The largest absolute Gasteiger partial charge is 0.395 e. The van der Waals surface area contributed by atoms with Gasteiger partial charge in [-0.2, -0.15) is 0 Å². The zero-order valence-electron chi connectivity index (χ0n) is 9.48. The standard InChI is InChI=1S/C11H18OSi2/c1-7-11(8-2)9-10-13(3,4)14(5,6)12-11/h1-2H,9-10H2,3-6H3. The van der Waals surface area contributed by atoms with Gasteiger partial charge in [-0.3, -0.25) is 0 Å². The normalized spacial score (nSPS) is 27.3. The highest BCUT2D eigenvalue weighted by Gasteiger charge is 2.52. The van der Waals surface area contributed by atoms with Gasteiger partial charge in [-0.15, -0.1) is 12.8 Å². The summed E-state index contributed by atoms with van der Waals surface area (Å²) >= 11 is 0. The van der Waals surface area contributed by atoms with Crippen molar-refractivity contribution in [2.45, 2.75) is 44.3 Å². The second kappa shape index (κ2) is 3.27.